The summed E-state index contributed by atoms with van der Waals surface area (Å²) in [5, 5.41) is 5.25. The minimum atomic E-state index is 0.621. The first-order valence-electron chi connectivity index (χ1n) is 6.51. The van der Waals surface area contributed by atoms with Gasteiger partial charge in [0, 0.05) is 30.2 Å². The van der Waals surface area contributed by atoms with Crippen LogP contribution in [0.25, 0.3) is 5.65 Å². The summed E-state index contributed by atoms with van der Waals surface area (Å²) in [6, 6.07) is 4.65. The highest BCUT2D eigenvalue weighted by Gasteiger charge is 2.23. The maximum atomic E-state index is 4.70. The second-order valence-corrected chi connectivity index (χ2v) is 5.53. The maximum absolute atomic E-state index is 4.70. The minimum Gasteiger partial charge on any atom is -0.353 e. The Morgan fingerprint density at radius 1 is 1.33 bits per heavy atom. The van der Waals surface area contributed by atoms with Crippen LogP contribution < -0.4 is 4.90 Å². The van der Waals surface area contributed by atoms with Gasteiger partial charge in [0.25, 0.3) is 0 Å². The first-order chi connectivity index (χ1) is 8.88. The number of rotatable bonds is 3. The molecule has 0 aromatic carbocycles. The highest BCUT2D eigenvalue weighted by molar-refractivity contribution is 9.09. The van der Waals surface area contributed by atoms with Crippen LogP contribution in [0.2, 0.25) is 0 Å². The van der Waals surface area contributed by atoms with E-state index in [1.807, 2.05) is 16.8 Å². The normalized spacial score (nSPS) is 20.5. The molecule has 1 aliphatic rings. The number of hydrogen-bond donors (Lipinski definition) is 0. The fraction of sp³-hybridized carbons (Fsp3) is 0.538. The zero-order valence-corrected chi connectivity index (χ0v) is 11.9. The van der Waals surface area contributed by atoms with E-state index in [0.717, 1.165) is 23.3 Å². The Kier molecular flexibility index (Phi) is 3.50. The number of hydrogen-bond acceptors (Lipinski definition) is 3. The SMILES string of the molecule is BrCCC1CCCCN1c1ccn2nccc2n1. The second-order valence-electron chi connectivity index (χ2n) is 4.74. The van der Waals surface area contributed by atoms with Crippen LogP contribution >= 0.6 is 15.9 Å². The lowest BCUT2D eigenvalue weighted by molar-refractivity contribution is 0.449. The number of alkyl halides is 1. The lowest BCUT2D eigenvalue weighted by Gasteiger charge is -2.36. The van der Waals surface area contributed by atoms with Crippen molar-refractivity contribution in [3.05, 3.63) is 24.5 Å². The molecule has 4 nitrogen and oxygen atoms in total. The van der Waals surface area contributed by atoms with Crippen LogP contribution in [0.3, 0.4) is 0 Å². The number of halogens is 1. The Morgan fingerprint density at radius 2 is 2.28 bits per heavy atom. The molecule has 0 amide bonds. The molecule has 3 rings (SSSR count). The van der Waals surface area contributed by atoms with Crippen LogP contribution in [-0.4, -0.2) is 32.5 Å². The van der Waals surface area contributed by atoms with Gasteiger partial charge < -0.3 is 4.90 Å². The third-order valence-electron chi connectivity index (χ3n) is 3.61. The molecule has 1 fully saturated rings. The molecule has 0 aliphatic carbocycles. The van der Waals surface area contributed by atoms with E-state index in [4.69, 9.17) is 4.98 Å². The van der Waals surface area contributed by atoms with E-state index in [0.29, 0.717) is 6.04 Å². The van der Waals surface area contributed by atoms with E-state index >= 15 is 0 Å². The summed E-state index contributed by atoms with van der Waals surface area (Å²) in [5.74, 6) is 1.09. The van der Waals surface area contributed by atoms with Gasteiger partial charge in [0.15, 0.2) is 5.65 Å². The topological polar surface area (TPSA) is 33.4 Å². The zero-order chi connectivity index (χ0) is 12.4. The first kappa shape index (κ1) is 12.0. The Bertz CT molecular complexity index is 522. The molecule has 18 heavy (non-hydrogen) atoms. The molecule has 0 saturated carbocycles. The van der Waals surface area contributed by atoms with Gasteiger partial charge >= 0.3 is 0 Å². The number of fused-ring (bicyclic) bond motifs is 1. The van der Waals surface area contributed by atoms with Gasteiger partial charge in [-0.1, -0.05) is 15.9 Å². The van der Waals surface area contributed by atoms with Gasteiger partial charge in [-0.25, -0.2) is 9.50 Å². The Morgan fingerprint density at radius 3 is 3.17 bits per heavy atom. The molecular formula is C13H17BrN4. The second kappa shape index (κ2) is 5.26. The van der Waals surface area contributed by atoms with Crippen molar-refractivity contribution in [2.75, 3.05) is 16.8 Å². The molecule has 0 radical (unpaired) electrons. The fourth-order valence-electron chi connectivity index (χ4n) is 2.69. The van der Waals surface area contributed by atoms with Gasteiger partial charge in [-0.2, -0.15) is 5.10 Å². The molecule has 0 bridgehead atoms. The summed E-state index contributed by atoms with van der Waals surface area (Å²) >= 11 is 3.56. The maximum Gasteiger partial charge on any atom is 0.157 e. The number of aromatic nitrogens is 3. The highest BCUT2D eigenvalue weighted by Crippen LogP contribution is 2.25. The summed E-state index contributed by atoms with van der Waals surface area (Å²) in [4.78, 5) is 7.16. The Hall–Kier alpha value is -1.10. The molecule has 3 heterocycles. The van der Waals surface area contributed by atoms with Crippen molar-refractivity contribution in [3.8, 4) is 0 Å². The van der Waals surface area contributed by atoms with Crippen LogP contribution in [0, 0.1) is 0 Å². The van der Waals surface area contributed by atoms with Gasteiger partial charge in [0.05, 0.1) is 6.20 Å². The van der Waals surface area contributed by atoms with E-state index in [1.165, 1.54) is 25.7 Å². The number of nitrogens with zero attached hydrogens (tertiary/aromatic N) is 4. The lowest BCUT2D eigenvalue weighted by atomic mass is 10.0. The van der Waals surface area contributed by atoms with E-state index in [1.54, 1.807) is 6.20 Å². The molecule has 1 atom stereocenters. The average Bonchev–Trinajstić information content (AvgIpc) is 2.87. The van der Waals surface area contributed by atoms with Gasteiger partial charge in [-0.3, -0.25) is 0 Å². The van der Waals surface area contributed by atoms with Crippen LogP contribution in [-0.2, 0) is 0 Å². The van der Waals surface area contributed by atoms with Crippen molar-refractivity contribution in [2.45, 2.75) is 31.7 Å². The Balaban J connectivity index is 1.90. The highest BCUT2D eigenvalue weighted by atomic mass is 79.9. The van der Waals surface area contributed by atoms with Gasteiger partial charge in [-0.15, -0.1) is 0 Å². The molecule has 96 valence electrons. The van der Waals surface area contributed by atoms with Crippen LogP contribution in [0.15, 0.2) is 24.5 Å². The number of anilines is 1. The number of piperidine rings is 1. The summed E-state index contributed by atoms with van der Waals surface area (Å²) in [7, 11) is 0. The standard InChI is InChI=1S/C13H17BrN4/c14-7-4-11-3-1-2-9-17(11)12-6-10-18-13(16-12)5-8-15-18/h5-6,8,10-11H,1-4,7,9H2. The van der Waals surface area contributed by atoms with Crippen LogP contribution in [0.5, 0.6) is 0 Å². The molecule has 1 unspecified atom stereocenters. The molecule has 0 N–H and O–H groups in total. The van der Waals surface area contributed by atoms with Gasteiger partial charge in [0.1, 0.15) is 5.82 Å². The average molecular weight is 309 g/mol. The molecule has 1 saturated heterocycles. The van der Waals surface area contributed by atoms with Gasteiger partial charge in [-0.05, 0) is 31.7 Å². The van der Waals surface area contributed by atoms with E-state index < -0.39 is 0 Å². The third-order valence-corrected chi connectivity index (χ3v) is 4.06. The van der Waals surface area contributed by atoms with E-state index in [2.05, 4.69) is 32.0 Å². The van der Waals surface area contributed by atoms with Crippen molar-refractivity contribution < 1.29 is 0 Å². The molecule has 5 heteroatoms. The molecule has 0 spiro atoms. The minimum absolute atomic E-state index is 0.621. The predicted molar refractivity (Wildman–Crippen MR) is 76.4 cm³/mol. The van der Waals surface area contributed by atoms with E-state index in [9.17, 15) is 0 Å². The quantitative estimate of drug-likeness (QED) is 0.818. The summed E-state index contributed by atoms with van der Waals surface area (Å²) in [6.07, 6.45) is 8.85. The summed E-state index contributed by atoms with van der Waals surface area (Å²) < 4.78 is 1.81. The lowest BCUT2D eigenvalue weighted by Crippen LogP contribution is -2.40. The predicted octanol–water partition coefficient (Wildman–Crippen LogP) is 2.87. The van der Waals surface area contributed by atoms with Crippen molar-refractivity contribution in [1.29, 1.82) is 0 Å². The van der Waals surface area contributed by atoms with Crippen LogP contribution in [0.4, 0.5) is 5.82 Å². The van der Waals surface area contributed by atoms with Crippen molar-refractivity contribution in [2.24, 2.45) is 0 Å². The molecule has 2 aromatic rings. The first-order valence-corrected chi connectivity index (χ1v) is 7.63. The molecular weight excluding hydrogens is 292 g/mol. The summed E-state index contributed by atoms with van der Waals surface area (Å²) in [6.45, 7) is 1.12. The smallest absolute Gasteiger partial charge is 0.157 e. The fourth-order valence-corrected chi connectivity index (χ4v) is 3.22. The summed E-state index contributed by atoms with van der Waals surface area (Å²) in [5.41, 5.74) is 0.927. The monoisotopic (exact) mass is 308 g/mol. The zero-order valence-electron chi connectivity index (χ0n) is 10.3. The van der Waals surface area contributed by atoms with E-state index in [-0.39, 0.29) is 0 Å². The Labute approximate surface area is 115 Å². The largest absolute Gasteiger partial charge is 0.353 e. The molecule has 1 aliphatic heterocycles. The molecule has 2 aromatic heterocycles. The third kappa shape index (κ3) is 2.23. The van der Waals surface area contributed by atoms with Crippen LogP contribution in [0.1, 0.15) is 25.7 Å². The van der Waals surface area contributed by atoms with Crippen molar-refractivity contribution in [1.82, 2.24) is 14.6 Å². The van der Waals surface area contributed by atoms with Crippen molar-refractivity contribution in [3.63, 3.8) is 0 Å². The van der Waals surface area contributed by atoms with Gasteiger partial charge in [0.2, 0.25) is 0 Å². The van der Waals surface area contributed by atoms with Crippen molar-refractivity contribution >= 4 is 27.4 Å².